The molecular weight excluding hydrogens is 500 g/mol. The number of aromatic nitrogens is 3. The van der Waals surface area contributed by atoms with Gasteiger partial charge in [-0.3, -0.25) is 0 Å². The van der Waals surface area contributed by atoms with Crippen molar-refractivity contribution in [1.82, 2.24) is 19.4 Å². The second-order valence-electron chi connectivity index (χ2n) is 10.3. The van der Waals surface area contributed by atoms with Gasteiger partial charge < -0.3 is 19.5 Å². The largest absolute Gasteiger partial charge is 0.433 e. The Labute approximate surface area is 225 Å². The van der Waals surface area contributed by atoms with Gasteiger partial charge in [-0.2, -0.15) is 8.78 Å². The van der Waals surface area contributed by atoms with Crippen LogP contribution in [0.25, 0.3) is 22.2 Å². The van der Waals surface area contributed by atoms with Crippen LogP contribution in [-0.4, -0.2) is 45.2 Å². The highest BCUT2D eigenvalue weighted by atomic mass is 19.3. The Morgan fingerprint density at radius 3 is 2.77 bits per heavy atom. The summed E-state index contributed by atoms with van der Waals surface area (Å²) in [7, 11) is 0. The predicted octanol–water partition coefficient (Wildman–Crippen LogP) is 6.52. The molecule has 0 bridgehead atoms. The van der Waals surface area contributed by atoms with Gasteiger partial charge in [-0.15, -0.1) is 0 Å². The third kappa shape index (κ3) is 5.44. The number of carbonyl (C=O) groups is 1. The molecule has 39 heavy (non-hydrogen) atoms. The quantitative estimate of drug-likeness (QED) is 0.295. The minimum Gasteiger partial charge on any atom is -0.433 e. The van der Waals surface area contributed by atoms with Crippen molar-refractivity contribution in [1.29, 1.82) is 0 Å². The number of ether oxygens (including phenoxy) is 1. The topological polar surface area (TPSA) is 72.3 Å². The molecular formula is C30H31F2N5O2. The molecule has 0 atom stereocenters. The highest BCUT2D eigenvalue weighted by Gasteiger charge is 2.24. The number of nitrogens with one attached hydrogen (secondary N) is 1. The van der Waals surface area contributed by atoms with E-state index in [1.807, 2.05) is 12.3 Å². The average Bonchev–Trinajstić information content (AvgIpc) is 3.34. The molecule has 2 aromatic heterocycles. The lowest BCUT2D eigenvalue weighted by Gasteiger charge is -2.32. The number of aryl methyl sites for hydroxylation is 3. The Morgan fingerprint density at radius 2 is 1.92 bits per heavy atom. The van der Waals surface area contributed by atoms with E-state index in [4.69, 9.17) is 4.98 Å². The van der Waals surface area contributed by atoms with E-state index in [1.165, 1.54) is 22.5 Å². The predicted molar refractivity (Wildman–Crippen MR) is 146 cm³/mol. The lowest BCUT2D eigenvalue weighted by atomic mass is 9.92. The van der Waals surface area contributed by atoms with Gasteiger partial charge in [-0.1, -0.05) is 30.3 Å². The molecule has 0 spiro atoms. The Kier molecular flexibility index (Phi) is 7.13. The number of nitrogens with zero attached hydrogens (tertiary/aromatic N) is 4. The molecule has 2 aliphatic heterocycles. The molecule has 202 valence electrons. The molecule has 6 rings (SSSR count). The minimum atomic E-state index is -2.95. The number of alkyl halides is 2. The van der Waals surface area contributed by atoms with Gasteiger partial charge in [0.15, 0.2) is 0 Å². The number of anilines is 1. The van der Waals surface area contributed by atoms with Gasteiger partial charge in [0, 0.05) is 49.4 Å². The number of para-hydroxylation sites is 3. The zero-order valence-electron chi connectivity index (χ0n) is 21.7. The molecule has 1 fully saturated rings. The van der Waals surface area contributed by atoms with Crippen LogP contribution in [0.4, 0.5) is 19.3 Å². The van der Waals surface area contributed by atoms with Gasteiger partial charge in [-0.05, 0) is 61.8 Å². The van der Waals surface area contributed by atoms with Crippen molar-refractivity contribution in [3.8, 4) is 17.0 Å². The second-order valence-corrected chi connectivity index (χ2v) is 10.3. The van der Waals surface area contributed by atoms with E-state index in [0.29, 0.717) is 19.0 Å². The lowest BCUT2D eigenvalue weighted by Crippen LogP contribution is -2.41. The van der Waals surface area contributed by atoms with Crippen LogP contribution in [0.2, 0.25) is 0 Å². The molecule has 4 aromatic rings. The monoisotopic (exact) mass is 531 g/mol. The molecule has 0 saturated carbocycles. The van der Waals surface area contributed by atoms with Gasteiger partial charge in [0.1, 0.15) is 11.6 Å². The summed E-state index contributed by atoms with van der Waals surface area (Å²) in [6, 6.07) is 14.5. The fraction of sp³-hybridized carbons (Fsp3) is 0.367. The van der Waals surface area contributed by atoms with E-state index in [-0.39, 0.29) is 17.5 Å². The summed E-state index contributed by atoms with van der Waals surface area (Å²) in [5.41, 5.74) is 5.11. The number of hydrogen-bond acceptors (Lipinski definition) is 4. The van der Waals surface area contributed by atoms with Crippen LogP contribution < -0.4 is 10.1 Å². The van der Waals surface area contributed by atoms with E-state index >= 15 is 0 Å². The Balaban J connectivity index is 1.05. The van der Waals surface area contributed by atoms with Crippen molar-refractivity contribution in [2.75, 3.05) is 18.4 Å². The minimum absolute atomic E-state index is 0.0457. The van der Waals surface area contributed by atoms with E-state index in [0.717, 1.165) is 62.2 Å². The summed E-state index contributed by atoms with van der Waals surface area (Å²) in [4.78, 5) is 24.0. The normalized spacial score (nSPS) is 15.6. The van der Waals surface area contributed by atoms with Gasteiger partial charge in [0.05, 0.1) is 16.9 Å². The first-order valence-corrected chi connectivity index (χ1v) is 13.6. The molecule has 0 radical (unpaired) electrons. The van der Waals surface area contributed by atoms with Crippen LogP contribution in [0.1, 0.15) is 37.1 Å². The number of hydrogen-bond donors (Lipinski definition) is 1. The highest BCUT2D eigenvalue weighted by molar-refractivity contribution is 5.97. The molecule has 1 N–H and O–H groups in total. The fourth-order valence-electron chi connectivity index (χ4n) is 5.85. The van der Waals surface area contributed by atoms with Gasteiger partial charge >= 0.3 is 12.6 Å². The Hall–Kier alpha value is -4.01. The first kappa shape index (κ1) is 25.3. The van der Waals surface area contributed by atoms with Crippen LogP contribution in [-0.2, 0) is 19.4 Å². The standard InChI is InChI=1S/C30H31F2N5O2/c31-29(32)39-26-9-2-1-8-25(26)35-30(38)36-17-13-20(14-18-36)10-11-27-33-15-12-24(34-27)23-19-37-16-4-6-21-5-3-7-22(23)28(21)37/h1-3,5,7-9,12,15,19-20,29H,4,6,10-11,13-14,16-18H2,(H,35,38). The van der Waals surface area contributed by atoms with Crippen LogP contribution in [0.5, 0.6) is 5.75 Å². The Bertz CT molecular complexity index is 1480. The van der Waals surface area contributed by atoms with Crippen LogP contribution in [0.3, 0.4) is 0 Å². The molecule has 4 heterocycles. The summed E-state index contributed by atoms with van der Waals surface area (Å²) >= 11 is 0. The number of benzene rings is 2. The lowest BCUT2D eigenvalue weighted by molar-refractivity contribution is -0.0493. The first-order chi connectivity index (χ1) is 19.0. The Morgan fingerprint density at radius 1 is 1.08 bits per heavy atom. The summed E-state index contributed by atoms with van der Waals surface area (Å²) in [6.07, 6.45) is 9.86. The summed E-state index contributed by atoms with van der Waals surface area (Å²) in [5, 5.41) is 3.97. The van der Waals surface area contributed by atoms with Crippen molar-refractivity contribution >= 4 is 22.6 Å². The zero-order valence-corrected chi connectivity index (χ0v) is 21.7. The maximum Gasteiger partial charge on any atom is 0.387 e. The summed E-state index contributed by atoms with van der Waals surface area (Å²) in [6.45, 7) is -0.695. The van der Waals surface area contributed by atoms with Gasteiger partial charge in [-0.25, -0.2) is 14.8 Å². The molecule has 1 saturated heterocycles. The maximum atomic E-state index is 12.8. The number of halogens is 2. The highest BCUT2D eigenvalue weighted by Crippen LogP contribution is 2.34. The SMILES string of the molecule is O=C(Nc1ccccc1OC(F)F)N1CCC(CCc2nccc(-c3cn4c5c(cccc35)CCC4)n2)CC1. The first-order valence-electron chi connectivity index (χ1n) is 13.6. The molecule has 0 unspecified atom stereocenters. The van der Waals surface area contributed by atoms with Gasteiger partial charge in [0.2, 0.25) is 0 Å². The van der Waals surface area contributed by atoms with Crippen molar-refractivity contribution in [3.63, 3.8) is 0 Å². The van der Waals surface area contributed by atoms with Crippen molar-refractivity contribution in [3.05, 3.63) is 72.3 Å². The van der Waals surface area contributed by atoms with Crippen LogP contribution in [0, 0.1) is 5.92 Å². The average molecular weight is 532 g/mol. The van der Waals surface area contributed by atoms with E-state index in [9.17, 15) is 13.6 Å². The number of likely N-dealkylation sites (tertiary alicyclic amines) is 1. The molecule has 7 nitrogen and oxygen atoms in total. The smallest absolute Gasteiger partial charge is 0.387 e. The van der Waals surface area contributed by atoms with Crippen LogP contribution >= 0.6 is 0 Å². The molecule has 9 heteroatoms. The number of amides is 2. The second kappa shape index (κ2) is 11.0. The van der Waals surface area contributed by atoms with E-state index < -0.39 is 6.61 Å². The third-order valence-corrected chi connectivity index (χ3v) is 7.83. The van der Waals surface area contributed by atoms with Crippen LogP contribution in [0.15, 0.2) is 60.9 Å². The maximum absolute atomic E-state index is 12.8. The zero-order chi connectivity index (χ0) is 26.8. The third-order valence-electron chi connectivity index (χ3n) is 7.83. The molecule has 2 aromatic carbocycles. The van der Waals surface area contributed by atoms with E-state index in [2.05, 4.69) is 44.0 Å². The number of rotatable bonds is 7. The molecule has 2 amide bonds. The van der Waals surface area contributed by atoms with Gasteiger partial charge in [0.25, 0.3) is 0 Å². The van der Waals surface area contributed by atoms with E-state index in [1.54, 1.807) is 23.1 Å². The fourth-order valence-corrected chi connectivity index (χ4v) is 5.85. The molecule has 2 aliphatic rings. The number of urea groups is 1. The van der Waals surface area contributed by atoms with Crippen molar-refractivity contribution in [2.24, 2.45) is 5.92 Å². The van der Waals surface area contributed by atoms with Crippen molar-refractivity contribution < 1.29 is 18.3 Å². The number of carbonyl (C=O) groups excluding carboxylic acids is 1. The number of piperidine rings is 1. The summed E-state index contributed by atoms with van der Waals surface area (Å²) in [5.74, 6) is 1.26. The summed E-state index contributed by atoms with van der Waals surface area (Å²) < 4.78 is 32.2. The van der Waals surface area contributed by atoms with Crippen molar-refractivity contribution in [2.45, 2.75) is 51.7 Å². The molecule has 0 aliphatic carbocycles.